The molecule has 6 nitrogen and oxygen atoms in total. The van der Waals surface area contributed by atoms with E-state index in [9.17, 15) is 9.59 Å². The van der Waals surface area contributed by atoms with Crippen molar-refractivity contribution < 1.29 is 9.59 Å². The van der Waals surface area contributed by atoms with Crippen LogP contribution in [0.5, 0.6) is 0 Å². The summed E-state index contributed by atoms with van der Waals surface area (Å²) in [6.07, 6.45) is 3.94. The second kappa shape index (κ2) is 5.99. The van der Waals surface area contributed by atoms with Crippen molar-refractivity contribution in [2.75, 3.05) is 39.3 Å². The van der Waals surface area contributed by atoms with Crippen LogP contribution >= 0.6 is 0 Å². The molecule has 2 N–H and O–H groups in total. The predicted octanol–water partition coefficient (Wildman–Crippen LogP) is 0.00220. The SMILES string of the molecule is O=C([C@@H]1CCCNC1)N1CCC(N2CCNC2=O)CC1. The van der Waals surface area contributed by atoms with Crippen molar-refractivity contribution in [1.29, 1.82) is 0 Å². The number of hydrogen-bond acceptors (Lipinski definition) is 3. The number of nitrogens with zero attached hydrogens (tertiary/aromatic N) is 2. The third-order valence-electron chi connectivity index (χ3n) is 4.75. The molecule has 0 spiro atoms. The van der Waals surface area contributed by atoms with Crippen molar-refractivity contribution in [3.05, 3.63) is 0 Å². The van der Waals surface area contributed by atoms with Crippen LogP contribution in [-0.2, 0) is 4.79 Å². The van der Waals surface area contributed by atoms with Gasteiger partial charge in [-0.05, 0) is 32.2 Å². The molecule has 0 radical (unpaired) electrons. The van der Waals surface area contributed by atoms with Crippen LogP contribution in [0, 0.1) is 5.92 Å². The Bertz CT molecular complexity index is 373. The summed E-state index contributed by atoms with van der Waals surface area (Å²) in [6, 6.07) is 0.372. The van der Waals surface area contributed by atoms with Gasteiger partial charge in [0.1, 0.15) is 0 Å². The van der Waals surface area contributed by atoms with E-state index in [1.165, 1.54) is 0 Å². The Kier molecular flexibility index (Phi) is 4.10. The Morgan fingerprint density at radius 2 is 1.90 bits per heavy atom. The Labute approximate surface area is 119 Å². The van der Waals surface area contributed by atoms with Gasteiger partial charge < -0.3 is 20.4 Å². The molecule has 0 aromatic rings. The number of amides is 3. The molecule has 3 heterocycles. The molecule has 3 aliphatic rings. The second-order valence-electron chi connectivity index (χ2n) is 6.03. The largest absolute Gasteiger partial charge is 0.342 e. The van der Waals surface area contributed by atoms with E-state index in [1.807, 2.05) is 9.80 Å². The Balaban J connectivity index is 1.50. The van der Waals surface area contributed by atoms with Crippen LogP contribution in [0.3, 0.4) is 0 Å². The van der Waals surface area contributed by atoms with Gasteiger partial charge in [0.25, 0.3) is 0 Å². The first-order valence-electron chi connectivity index (χ1n) is 7.79. The van der Waals surface area contributed by atoms with Gasteiger partial charge in [0.2, 0.25) is 5.91 Å². The van der Waals surface area contributed by atoms with Gasteiger partial charge in [0.15, 0.2) is 0 Å². The van der Waals surface area contributed by atoms with Crippen molar-refractivity contribution in [2.24, 2.45) is 5.92 Å². The number of carbonyl (C=O) groups is 2. The van der Waals surface area contributed by atoms with Crippen molar-refractivity contribution >= 4 is 11.9 Å². The van der Waals surface area contributed by atoms with E-state index in [2.05, 4.69) is 10.6 Å². The lowest BCUT2D eigenvalue weighted by Gasteiger charge is -2.38. The number of urea groups is 1. The van der Waals surface area contributed by atoms with Gasteiger partial charge >= 0.3 is 6.03 Å². The van der Waals surface area contributed by atoms with Gasteiger partial charge in [-0.1, -0.05) is 0 Å². The summed E-state index contributed by atoms with van der Waals surface area (Å²) < 4.78 is 0. The summed E-state index contributed by atoms with van der Waals surface area (Å²) in [5.41, 5.74) is 0. The lowest BCUT2D eigenvalue weighted by atomic mass is 9.96. The third-order valence-corrected chi connectivity index (χ3v) is 4.75. The number of nitrogens with one attached hydrogen (secondary N) is 2. The zero-order valence-electron chi connectivity index (χ0n) is 11.9. The first-order chi connectivity index (χ1) is 9.75. The minimum atomic E-state index is 0.0613. The Hall–Kier alpha value is -1.30. The van der Waals surface area contributed by atoms with Crippen LogP contribution in [0.4, 0.5) is 4.79 Å². The molecule has 0 bridgehead atoms. The Morgan fingerprint density at radius 3 is 2.50 bits per heavy atom. The highest BCUT2D eigenvalue weighted by Gasteiger charge is 2.33. The lowest BCUT2D eigenvalue weighted by molar-refractivity contribution is -0.137. The molecule has 112 valence electrons. The molecular formula is C14H24N4O2. The maximum Gasteiger partial charge on any atom is 0.317 e. The minimum absolute atomic E-state index is 0.0613. The van der Waals surface area contributed by atoms with Crippen LogP contribution in [0.15, 0.2) is 0 Å². The van der Waals surface area contributed by atoms with Crippen molar-refractivity contribution in [3.63, 3.8) is 0 Å². The fraction of sp³-hybridized carbons (Fsp3) is 0.857. The summed E-state index contributed by atoms with van der Waals surface area (Å²) in [5.74, 6) is 0.469. The highest BCUT2D eigenvalue weighted by Crippen LogP contribution is 2.21. The standard InChI is InChI=1S/C14H24N4O2/c19-13(11-2-1-5-15-10-11)17-7-3-12(4-8-17)18-9-6-16-14(18)20/h11-12,15H,1-10H2,(H,16,20)/t11-/m1/s1. The van der Waals surface area contributed by atoms with E-state index in [-0.39, 0.29) is 11.9 Å². The molecule has 6 heteroatoms. The number of hydrogen-bond donors (Lipinski definition) is 2. The monoisotopic (exact) mass is 280 g/mol. The Morgan fingerprint density at radius 1 is 1.10 bits per heavy atom. The van der Waals surface area contributed by atoms with Crippen molar-refractivity contribution in [2.45, 2.75) is 31.7 Å². The maximum absolute atomic E-state index is 12.4. The highest BCUT2D eigenvalue weighted by molar-refractivity contribution is 5.79. The molecule has 3 saturated heterocycles. The number of rotatable bonds is 2. The third kappa shape index (κ3) is 2.75. The fourth-order valence-electron chi connectivity index (χ4n) is 3.55. The van der Waals surface area contributed by atoms with Crippen molar-refractivity contribution in [1.82, 2.24) is 20.4 Å². The van der Waals surface area contributed by atoms with Crippen LogP contribution in [0.2, 0.25) is 0 Å². The van der Waals surface area contributed by atoms with Gasteiger partial charge in [-0.25, -0.2) is 4.79 Å². The molecule has 0 aromatic heterocycles. The van der Waals surface area contributed by atoms with Gasteiger partial charge in [0.05, 0.1) is 5.92 Å². The molecule has 1 atom stereocenters. The summed E-state index contributed by atoms with van der Waals surface area (Å²) in [5, 5.41) is 6.16. The maximum atomic E-state index is 12.4. The normalized spacial score (nSPS) is 28.6. The summed E-state index contributed by atoms with van der Waals surface area (Å²) >= 11 is 0. The molecule has 3 fully saturated rings. The molecule has 0 saturated carbocycles. The number of carbonyl (C=O) groups excluding carboxylic acids is 2. The quantitative estimate of drug-likeness (QED) is 0.748. The summed E-state index contributed by atoms with van der Waals surface area (Å²) in [7, 11) is 0. The molecular weight excluding hydrogens is 256 g/mol. The zero-order chi connectivity index (χ0) is 13.9. The van der Waals surface area contributed by atoms with E-state index < -0.39 is 0 Å². The number of piperidine rings is 2. The first kappa shape index (κ1) is 13.7. The summed E-state index contributed by atoms with van der Waals surface area (Å²) in [4.78, 5) is 28.0. The topological polar surface area (TPSA) is 64.7 Å². The van der Waals surface area contributed by atoms with E-state index in [0.29, 0.717) is 11.9 Å². The molecule has 3 amide bonds. The number of likely N-dealkylation sites (tertiary alicyclic amines) is 1. The van der Waals surface area contributed by atoms with Crippen LogP contribution in [-0.4, -0.2) is 67.0 Å². The molecule has 3 rings (SSSR count). The first-order valence-corrected chi connectivity index (χ1v) is 7.79. The van der Waals surface area contributed by atoms with E-state index in [0.717, 1.165) is 65.0 Å². The van der Waals surface area contributed by atoms with E-state index in [1.54, 1.807) is 0 Å². The molecule has 20 heavy (non-hydrogen) atoms. The molecule has 0 aromatic carbocycles. The minimum Gasteiger partial charge on any atom is -0.342 e. The zero-order valence-corrected chi connectivity index (χ0v) is 11.9. The van der Waals surface area contributed by atoms with Gasteiger partial charge in [-0.3, -0.25) is 4.79 Å². The van der Waals surface area contributed by atoms with Gasteiger partial charge in [-0.15, -0.1) is 0 Å². The molecule has 0 unspecified atom stereocenters. The van der Waals surface area contributed by atoms with E-state index >= 15 is 0 Å². The van der Waals surface area contributed by atoms with Gasteiger partial charge in [-0.2, -0.15) is 0 Å². The summed E-state index contributed by atoms with van der Waals surface area (Å²) in [6.45, 7) is 5.02. The van der Waals surface area contributed by atoms with Crippen LogP contribution in [0.25, 0.3) is 0 Å². The predicted molar refractivity (Wildman–Crippen MR) is 75.3 cm³/mol. The molecule has 3 aliphatic heterocycles. The second-order valence-corrected chi connectivity index (χ2v) is 6.03. The lowest BCUT2D eigenvalue weighted by Crippen LogP contribution is -2.50. The fourth-order valence-corrected chi connectivity index (χ4v) is 3.55. The molecule has 0 aliphatic carbocycles. The van der Waals surface area contributed by atoms with Crippen LogP contribution < -0.4 is 10.6 Å². The average Bonchev–Trinajstić information content (AvgIpc) is 2.94. The smallest absolute Gasteiger partial charge is 0.317 e. The van der Waals surface area contributed by atoms with E-state index in [4.69, 9.17) is 0 Å². The van der Waals surface area contributed by atoms with Gasteiger partial charge in [0, 0.05) is 38.8 Å². The van der Waals surface area contributed by atoms with Crippen LogP contribution in [0.1, 0.15) is 25.7 Å². The van der Waals surface area contributed by atoms with Crippen molar-refractivity contribution in [3.8, 4) is 0 Å². The average molecular weight is 280 g/mol. The highest BCUT2D eigenvalue weighted by atomic mass is 16.2.